The molecule has 0 saturated carbocycles. The van der Waals surface area contributed by atoms with Crippen molar-refractivity contribution < 1.29 is 160 Å². The van der Waals surface area contributed by atoms with Crippen molar-refractivity contribution in [1.82, 2.24) is 24.5 Å². The molecule has 0 bridgehead atoms. The number of ether oxygens (including phenoxy) is 14. The number of carbonyl (C=O) groups is 7. The molecule has 0 unspecified atom stereocenters. The van der Waals surface area contributed by atoms with Crippen LogP contribution in [0.2, 0.25) is 0 Å². The van der Waals surface area contributed by atoms with E-state index in [-0.39, 0.29) is 120 Å². The standard InChI is InChI=1S/C23H35ClFN3O5.C21H32ClFN3O12P.2C15H21ClFN3O4.C14H19ClFN3O4/c1-4-6-8-10-18(29)31-15-23(14-24)21(32-19(30)11-9-7-5-2)20(25)22(33-23)28-13-12-17(26)27-16(28)3;1-12(2)36-19(28)31-10-34-39(30,35-11-32-20(29)37-13(3)4)33-9-21(8-22)17(27)16(23)18(38-21)26-7-6-15(24)25-14(26)5;1-8(2)14(22)23-7-15(6-16)12(21)11(17)13(24-15)20-5-4-10(18)19-9(20)3;1-8(2)14(22)23-12-11(17)13(24-15(12,6-16)7-21)20-5-4-10(18)19-9(20)3;1-3-10(21)22-12-11(16)13(23-14(12,6-15)7-20)19-5-4-9(17)18-8(19)2/h12-13,20-22H,3-11,14-15H2,1-2H3,(H2,26,27);6-7,12-13,16-18,27H,5,8-11H2,1-4H3,(H2,24,25);2*4-5,8,11-13,21H,3,6-7H2,1-2H3,(H2,18,19);4-5,11-13,20H,2-3,6-7H2,1H3,(H2,17,18)/t20-,21+,22-,23-;16-,17+,18-,21-;2*11-,12+,13-,15-;11-,12+,13-,14-/m11111/s1. The Bertz CT molecular complexity index is 4760. The minimum absolute atomic E-state index is 0.0225. The average molecular weight is 2160 g/mol. The summed E-state index contributed by atoms with van der Waals surface area (Å²) in [5.41, 5.74) is 19.7. The highest BCUT2D eigenvalue weighted by atomic mass is 35.5. The number of esters is 5. The van der Waals surface area contributed by atoms with Gasteiger partial charge >= 0.3 is 50.0 Å². The minimum Gasteiger partial charge on any atom is -0.462 e. The zero-order chi connectivity index (χ0) is 107. The Morgan fingerprint density at radius 2 is 0.706 bits per heavy atom. The van der Waals surface area contributed by atoms with Gasteiger partial charge in [-0.25, -0.2) is 70.1 Å². The molecule has 0 aromatic heterocycles. The fraction of sp³-hybridized carbons (Fsp3) is 0.636. The molecule has 20 atom stereocenters. The molecule has 5 fully saturated rings. The van der Waals surface area contributed by atoms with Gasteiger partial charge in [0, 0.05) is 50.3 Å². The van der Waals surface area contributed by atoms with E-state index in [1.807, 2.05) is 13.8 Å². The van der Waals surface area contributed by atoms with E-state index >= 15 is 13.2 Å². The van der Waals surface area contributed by atoms with Gasteiger partial charge in [-0.2, -0.15) is 0 Å². The molecule has 44 nitrogen and oxygen atoms in total. The topological polar surface area (TPSA) is 582 Å². The monoisotopic (exact) mass is 2160 g/mol. The number of nitrogens with two attached hydrogens (primary N) is 5. The second-order valence-electron chi connectivity index (χ2n) is 34.2. The van der Waals surface area contributed by atoms with Crippen LogP contribution in [-0.2, 0) is 108 Å². The summed E-state index contributed by atoms with van der Waals surface area (Å²) in [7, 11) is -4.75. The molecular weight excluding hydrogens is 2030 g/mol. The summed E-state index contributed by atoms with van der Waals surface area (Å²) in [4.78, 5) is 109. The zero-order valence-corrected chi connectivity index (χ0v) is 85.4. The Labute approximate surface area is 849 Å². The number of unbranched alkanes of at least 4 members (excludes halogenated alkanes) is 4. The van der Waals surface area contributed by atoms with Crippen molar-refractivity contribution in [3.63, 3.8) is 0 Å². The first-order valence-corrected chi connectivity index (χ1v) is 49.1. The van der Waals surface area contributed by atoms with Crippen LogP contribution in [0.15, 0.2) is 148 Å². The number of hydrogen-bond donors (Lipinski definition) is 9. The summed E-state index contributed by atoms with van der Waals surface area (Å²) >= 11 is 29.9. The number of amidine groups is 5. The lowest BCUT2D eigenvalue weighted by molar-refractivity contribution is -0.175. The third-order valence-corrected chi connectivity index (χ3v) is 25.4. The highest BCUT2D eigenvalue weighted by molar-refractivity contribution is 7.48. The SMILES string of the molecule is C=C1N=C(N)C=CN1[C@@H]1O[C@@](CO)(CCl)[C@@H](OC(=O)C(C)C)[C@H]1F.C=C1N=C(N)C=CN1[C@@H]1O[C@@](CO)(CCl)[C@@H](OC(=O)CC)[C@H]1F.C=C1N=C(N)C=CN1[C@@H]1O[C@](CCl)(COC(=O)C(C)C)[C@@H](O)[C@H]1F.C=C1N=C(N)C=CN1[C@@H]1O[C@](CCl)(COC(=O)CCCCC)[C@@H](OC(=O)CCCCC)[C@H]1F.C=C1N=C(N)C=CN1[C@@H]1O[C@](CCl)(COP(=O)(OCOC(=O)OC(C)C)OCOC(=O)OC(C)C)[C@@H](O)[C@H]1F. The van der Waals surface area contributed by atoms with Gasteiger partial charge in [-0.05, 0) is 70.9 Å². The third kappa shape index (κ3) is 32.2. The highest BCUT2D eigenvalue weighted by Gasteiger charge is 2.65. The molecule has 10 aliphatic heterocycles. The molecule has 55 heteroatoms. The molecule has 14 N–H and O–H groups in total. The highest BCUT2D eigenvalue weighted by Crippen LogP contribution is 2.53. The maximum absolute atomic E-state index is 15.7. The van der Waals surface area contributed by atoms with Gasteiger partial charge in [0.1, 0.15) is 106 Å². The molecule has 5 saturated heterocycles. The van der Waals surface area contributed by atoms with Gasteiger partial charge < -0.3 is 140 Å². The number of phosphoric ester groups is 1. The van der Waals surface area contributed by atoms with Crippen LogP contribution in [0.25, 0.3) is 0 Å². The number of hydrogen-bond acceptors (Lipinski definition) is 44. The van der Waals surface area contributed by atoms with Gasteiger partial charge in [-0.3, -0.25) is 28.5 Å². The summed E-state index contributed by atoms with van der Waals surface area (Å²) in [6.45, 7) is 32.2. The van der Waals surface area contributed by atoms with Crippen molar-refractivity contribution >= 4 is 137 Å². The minimum atomic E-state index is -4.75. The Kier molecular flexibility index (Phi) is 47.7. The van der Waals surface area contributed by atoms with Crippen LogP contribution in [0.3, 0.4) is 0 Å². The molecule has 0 aliphatic carbocycles. The number of phosphoric acid groups is 1. The molecule has 0 spiro atoms. The summed E-state index contributed by atoms with van der Waals surface area (Å²) < 4.78 is 178. The van der Waals surface area contributed by atoms with Gasteiger partial charge in [0.05, 0.1) is 73.3 Å². The lowest BCUT2D eigenvalue weighted by Gasteiger charge is -2.33. The fourth-order valence-electron chi connectivity index (χ4n) is 14.0. The number of alkyl halides is 10. The number of aliphatic hydroxyl groups is 4. The lowest BCUT2D eigenvalue weighted by atomic mass is 9.98. The van der Waals surface area contributed by atoms with Crippen LogP contribution >= 0.6 is 65.8 Å². The maximum atomic E-state index is 15.7. The van der Waals surface area contributed by atoms with Gasteiger partial charge in [0.2, 0.25) is 13.6 Å². The number of aliphatic imine (C=N–C) groups is 5. The lowest BCUT2D eigenvalue weighted by Crippen LogP contribution is -2.50. The van der Waals surface area contributed by atoms with E-state index in [0.29, 0.717) is 12.8 Å². The molecule has 10 heterocycles. The molecule has 804 valence electrons. The van der Waals surface area contributed by atoms with Crippen LogP contribution < -0.4 is 28.7 Å². The Morgan fingerprint density at radius 3 is 1.01 bits per heavy atom. The molecular formula is C88H128Cl5F5N15O29P. The summed E-state index contributed by atoms with van der Waals surface area (Å²) in [5, 5.41) is 40.3. The fourth-order valence-corrected chi connectivity index (χ4v) is 16.4. The summed E-state index contributed by atoms with van der Waals surface area (Å²) in [6.07, 6.45) is -6.58. The Morgan fingerprint density at radius 1 is 0.413 bits per heavy atom. The predicted molar refractivity (Wildman–Crippen MR) is 512 cm³/mol. The number of nitrogens with zero attached hydrogens (tertiary/aromatic N) is 10. The van der Waals surface area contributed by atoms with Crippen LogP contribution in [0.1, 0.15) is 134 Å². The van der Waals surface area contributed by atoms with E-state index in [0.717, 1.165) is 25.7 Å². The van der Waals surface area contributed by atoms with Crippen molar-refractivity contribution in [2.75, 3.05) is 76.0 Å². The molecule has 10 rings (SSSR count). The van der Waals surface area contributed by atoms with E-state index in [2.05, 4.69) is 67.3 Å². The van der Waals surface area contributed by atoms with Crippen LogP contribution in [0.5, 0.6) is 0 Å². The van der Waals surface area contributed by atoms with Crippen molar-refractivity contribution in [2.24, 2.45) is 65.5 Å². The Hall–Kier alpha value is -9.51. The van der Waals surface area contributed by atoms with E-state index in [4.69, 9.17) is 157 Å². The van der Waals surface area contributed by atoms with Crippen molar-refractivity contribution in [2.45, 2.75) is 267 Å². The van der Waals surface area contributed by atoms with Gasteiger partial charge in [-0.1, -0.05) is 107 Å². The predicted octanol–water partition coefficient (Wildman–Crippen LogP) is 9.19. The van der Waals surface area contributed by atoms with Crippen molar-refractivity contribution in [3.8, 4) is 0 Å². The molecule has 0 aromatic carbocycles. The first-order valence-electron chi connectivity index (χ1n) is 44.9. The number of halogens is 10. The van der Waals surface area contributed by atoms with Crippen LogP contribution in [-0.4, -0.2) is 325 Å². The second-order valence-corrected chi connectivity index (χ2v) is 37.2. The van der Waals surface area contributed by atoms with Gasteiger partial charge in [-0.15, -0.1) is 58.0 Å². The Balaban J connectivity index is 0.000000278. The smallest absolute Gasteiger partial charge is 0.462 e. The van der Waals surface area contributed by atoms with Crippen molar-refractivity contribution in [3.05, 3.63) is 123 Å². The number of carbonyl (C=O) groups excluding carboxylic acids is 7. The molecule has 0 amide bonds. The third-order valence-electron chi connectivity index (χ3n) is 21.9. The zero-order valence-electron chi connectivity index (χ0n) is 80.7. The number of rotatable bonds is 41. The van der Waals surface area contributed by atoms with Gasteiger partial charge in [0.25, 0.3) is 0 Å². The molecule has 143 heavy (non-hydrogen) atoms. The van der Waals surface area contributed by atoms with Crippen LogP contribution in [0, 0.1) is 11.8 Å². The van der Waals surface area contributed by atoms with E-state index < -0.39 is 228 Å². The molecule has 0 radical (unpaired) electrons. The molecule has 10 aliphatic rings. The van der Waals surface area contributed by atoms with Crippen LogP contribution in [0.4, 0.5) is 31.5 Å². The normalized spacial score (nSPS) is 29.6. The first kappa shape index (κ1) is 122. The second kappa shape index (κ2) is 55.9. The molecule has 0 aromatic rings. The number of aliphatic hydroxyl groups excluding tert-OH is 4. The van der Waals surface area contributed by atoms with Gasteiger partial charge in [0.15, 0.2) is 85.9 Å². The largest absolute Gasteiger partial charge is 0.510 e. The summed E-state index contributed by atoms with van der Waals surface area (Å²) in [5.74, 6) is -3.42. The maximum Gasteiger partial charge on any atom is 0.510 e. The van der Waals surface area contributed by atoms with E-state index in [9.17, 15) is 67.3 Å². The van der Waals surface area contributed by atoms with E-state index in [1.165, 1.54) is 85.9 Å². The van der Waals surface area contributed by atoms with E-state index in [1.54, 1.807) is 62.3 Å². The quantitative estimate of drug-likeness (QED) is 0.00523. The van der Waals surface area contributed by atoms with Crippen molar-refractivity contribution in [1.29, 1.82) is 0 Å². The summed E-state index contributed by atoms with van der Waals surface area (Å²) in [6, 6.07) is 0. The first-order chi connectivity index (χ1) is 67.3. The average Bonchev–Trinajstić information content (AvgIpc) is 1.62.